The largest absolute Gasteiger partial charge is 0.463 e. The van der Waals surface area contributed by atoms with Crippen LogP contribution in [0.4, 0.5) is 5.69 Å². The summed E-state index contributed by atoms with van der Waals surface area (Å²) in [6.07, 6.45) is -5.67. The summed E-state index contributed by atoms with van der Waals surface area (Å²) in [4.78, 5) is 66.8. The summed E-state index contributed by atoms with van der Waals surface area (Å²) >= 11 is 5.74. The Morgan fingerprint density at radius 2 is 1.36 bits per heavy atom. The van der Waals surface area contributed by atoms with Gasteiger partial charge in [-0.2, -0.15) is 0 Å². The van der Waals surface area contributed by atoms with Crippen LogP contribution in [0.5, 0.6) is 0 Å². The lowest BCUT2D eigenvalue weighted by Crippen LogP contribution is -2.62. The van der Waals surface area contributed by atoms with E-state index in [2.05, 4.69) is 39.5 Å². The topological polar surface area (TPSA) is 201 Å². The van der Waals surface area contributed by atoms with Crippen LogP contribution < -0.4 is 15.5 Å². The number of esters is 4. The second-order valence-corrected chi connectivity index (χ2v) is 18.0. The maximum atomic E-state index is 13.4. The molecule has 4 aliphatic rings. The zero-order valence-electron chi connectivity index (χ0n) is 38.4. The van der Waals surface area contributed by atoms with E-state index in [1.165, 1.54) is 27.7 Å². The van der Waals surface area contributed by atoms with Crippen molar-refractivity contribution in [1.29, 1.82) is 0 Å². The van der Waals surface area contributed by atoms with E-state index in [9.17, 15) is 29.1 Å². The molecule has 3 aromatic carbocycles. The summed E-state index contributed by atoms with van der Waals surface area (Å²) in [5.74, 6) is -2.70. The van der Waals surface area contributed by atoms with Crippen molar-refractivity contribution < 1.29 is 62.2 Å². The zero-order valence-corrected chi connectivity index (χ0v) is 39.2. The number of carbonyl (C=O) groups is 5. The van der Waals surface area contributed by atoms with Gasteiger partial charge in [-0.05, 0) is 41.7 Å². The molecule has 0 aromatic heterocycles. The molecule has 4 heterocycles. The fourth-order valence-electron chi connectivity index (χ4n) is 9.45. The summed E-state index contributed by atoms with van der Waals surface area (Å²) in [6.45, 7) is 9.37. The van der Waals surface area contributed by atoms with E-state index in [-0.39, 0.29) is 43.7 Å². The first-order chi connectivity index (χ1) is 32.1. The van der Waals surface area contributed by atoms with Gasteiger partial charge < -0.3 is 58.7 Å². The third-order valence-electron chi connectivity index (χ3n) is 12.9. The van der Waals surface area contributed by atoms with Crippen LogP contribution in [0, 0.1) is 5.92 Å². The molecule has 4 fully saturated rings. The van der Waals surface area contributed by atoms with Crippen molar-refractivity contribution in [2.45, 2.75) is 122 Å². The number of nitrogens with zero attached hydrogens (tertiary/aromatic N) is 2. The van der Waals surface area contributed by atoms with Gasteiger partial charge in [0.1, 0.15) is 24.4 Å². The second-order valence-electron chi connectivity index (χ2n) is 17.5. The van der Waals surface area contributed by atoms with Crippen molar-refractivity contribution in [2.75, 3.05) is 37.8 Å². The van der Waals surface area contributed by atoms with Gasteiger partial charge in [0.15, 0.2) is 24.6 Å². The number of amides is 1. The van der Waals surface area contributed by atoms with E-state index in [4.69, 9.17) is 45.4 Å². The van der Waals surface area contributed by atoms with Crippen molar-refractivity contribution >= 4 is 52.7 Å². The van der Waals surface area contributed by atoms with Crippen LogP contribution in [0.15, 0.2) is 78.9 Å². The molecule has 1 unspecified atom stereocenters. The Kier molecular flexibility index (Phi) is 16.3. The van der Waals surface area contributed by atoms with E-state index in [0.717, 1.165) is 41.0 Å². The quantitative estimate of drug-likeness (QED) is 0.110. The molecule has 4 saturated heterocycles. The number of piperidine rings is 1. The number of thiocarbonyl (C=S) groups is 1. The van der Waals surface area contributed by atoms with Crippen LogP contribution in [-0.4, -0.2) is 120 Å². The normalized spacial score (nSPS) is 27.1. The molecule has 7 rings (SSSR count). The number of likely N-dealkylation sites (tertiary alicyclic amines) is 1. The molecular formula is C49H60N4O13S. The molecule has 0 radical (unpaired) electrons. The van der Waals surface area contributed by atoms with Crippen molar-refractivity contribution in [1.82, 2.24) is 15.5 Å². The summed E-state index contributed by atoms with van der Waals surface area (Å²) < 4.78 is 41.6. The summed E-state index contributed by atoms with van der Waals surface area (Å²) in [5, 5.41) is 16.1. The molecule has 18 heteroatoms. The van der Waals surface area contributed by atoms with Gasteiger partial charge in [0.25, 0.3) is 0 Å². The molecule has 360 valence electrons. The average Bonchev–Trinajstić information content (AvgIpc) is 3.62. The molecule has 0 bridgehead atoms. The number of carbonyl (C=O) groups excluding carboxylic acids is 5. The number of rotatable bonds is 15. The Balaban J connectivity index is 1.02. The SMILES string of the molecule is CC(=O)OC[C@H]1O[C@@H](CC(=S)NCc2ccc(C3O[C@H](CN4CCC5(CC4)C(=O)NCN5c4ccccc4)[C@H](C)[C@H](c4ccc(CO)cc4)O3)cc2)[C@H](OC(C)=O)[C@@H](OC(C)=O)[C@@H]1OC(C)=O. The molecule has 0 aliphatic carbocycles. The number of nitrogens with one attached hydrogen (secondary N) is 2. The van der Waals surface area contributed by atoms with Gasteiger partial charge in [-0.25, -0.2) is 0 Å². The Morgan fingerprint density at radius 1 is 0.761 bits per heavy atom. The Bertz CT molecular complexity index is 2220. The van der Waals surface area contributed by atoms with Gasteiger partial charge in [-0.15, -0.1) is 0 Å². The maximum Gasteiger partial charge on any atom is 0.303 e. The van der Waals surface area contributed by atoms with E-state index in [1.807, 2.05) is 66.7 Å². The standard InChI is InChI=1S/C49H60N4O13S/c1-29-40(25-52-21-19-49(20-22-52)48(59)51-28-53(49)38-9-7-6-8-10-38)65-47(66-43(29)36-15-13-35(26-54)14-16-36)37-17-11-34(12-18-37)24-50-42(67)23-39-44(61-31(3)56)46(63-33(5)58)45(62-32(4)57)41(64-39)27-60-30(2)55/h6-18,29,39-41,43-47,54H,19-28H2,1-5H3,(H,50,67)(H,51,59)/t29-,39-,40+,41+,43+,44-,45+,46+,47?/m0/s1. The number of anilines is 1. The lowest BCUT2D eigenvalue weighted by molar-refractivity contribution is -0.276. The van der Waals surface area contributed by atoms with Crippen LogP contribution >= 0.6 is 12.2 Å². The van der Waals surface area contributed by atoms with Crippen molar-refractivity contribution in [3.8, 4) is 0 Å². The number of para-hydroxylation sites is 1. The minimum Gasteiger partial charge on any atom is -0.463 e. The highest BCUT2D eigenvalue weighted by molar-refractivity contribution is 7.80. The van der Waals surface area contributed by atoms with Crippen LogP contribution in [0.3, 0.4) is 0 Å². The smallest absolute Gasteiger partial charge is 0.303 e. The minimum absolute atomic E-state index is 0.00692. The third-order valence-corrected chi connectivity index (χ3v) is 13.2. The lowest BCUT2D eigenvalue weighted by Gasteiger charge is -2.46. The summed E-state index contributed by atoms with van der Waals surface area (Å²) in [6, 6.07) is 25.7. The number of benzene rings is 3. The predicted octanol–water partition coefficient (Wildman–Crippen LogP) is 4.33. The molecule has 4 aliphatic heterocycles. The van der Waals surface area contributed by atoms with E-state index in [0.29, 0.717) is 37.6 Å². The second kappa shape index (κ2) is 22.1. The first-order valence-electron chi connectivity index (χ1n) is 22.6. The Hall–Kier alpha value is -5.50. The highest BCUT2D eigenvalue weighted by Crippen LogP contribution is 2.43. The fraction of sp³-hybridized carbons (Fsp3) is 0.510. The monoisotopic (exact) mass is 944 g/mol. The highest BCUT2D eigenvalue weighted by Gasteiger charge is 2.53. The van der Waals surface area contributed by atoms with Crippen LogP contribution in [0.25, 0.3) is 0 Å². The number of hydrogen-bond donors (Lipinski definition) is 3. The third kappa shape index (κ3) is 12.0. The number of aliphatic hydroxyl groups excluding tert-OH is 1. The molecular weight excluding hydrogens is 885 g/mol. The van der Waals surface area contributed by atoms with Gasteiger partial charge in [-0.3, -0.25) is 24.0 Å². The molecule has 1 amide bonds. The van der Waals surface area contributed by atoms with Crippen LogP contribution in [0.1, 0.15) is 88.5 Å². The fourth-order valence-corrected chi connectivity index (χ4v) is 9.69. The molecule has 0 saturated carbocycles. The van der Waals surface area contributed by atoms with E-state index >= 15 is 0 Å². The summed E-state index contributed by atoms with van der Waals surface area (Å²) in [7, 11) is 0. The lowest BCUT2D eigenvalue weighted by atomic mass is 9.84. The van der Waals surface area contributed by atoms with Crippen molar-refractivity contribution in [3.05, 3.63) is 101 Å². The Morgan fingerprint density at radius 3 is 1.97 bits per heavy atom. The molecule has 3 N–H and O–H groups in total. The van der Waals surface area contributed by atoms with Gasteiger partial charge >= 0.3 is 23.9 Å². The Labute approximate surface area is 395 Å². The first-order valence-corrected chi connectivity index (χ1v) is 23.0. The average molecular weight is 945 g/mol. The number of aliphatic hydroxyl groups is 1. The van der Waals surface area contributed by atoms with Crippen LogP contribution in [-0.2, 0) is 70.3 Å². The van der Waals surface area contributed by atoms with Gasteiger partial charge in [0.2, 0.25) is 5.91 Å². The van der Waals surface area contributed by atoms with Gasteiger partial charge in [0.05, 0.1) is 30.5 Å². The number of ether oxygens (including phenoxy) is 7. The molecule has 9 atom stereocenters. The van der Waals surface area contributed by atoms with Gasteiger partial charge in [-0.1, -0.05) is 85.9 Å². The van der Waals surface area contributed by atoms with Gasteiger partial charge in [0, 0.05) is 77.5 Å². The predicted molar refractivity (Wildman–Crippen MR) is 246 cm³/mol. The van der Waals surface area contributed by atoms with E-state index in [1.54, 1.807) is 0 Å². The van der Waals surface area contributed by atoms with E-state index < -0.39 is 66.2 Å². The van der Waals surface area contributed by atoms with Crippen LogP contribution in [0.2, 0.25) is 0 Å². The molecule has 17 nitrogen and oxygen atoms in total. The number of hydrogen-bond acceptors (Lipinski definition) is 16. The first kappa shape index (κ1) is 49.4. The zero-order chi connectivity index (χ0) is 47.8. The minimum atomic E-state index is -1.29. The summed E-state index contributed by atoms with van der Waals surface area (Å²) in [5.41, 5.74) is 3.91. The highest BCUT2D eigenvalue weighted by atomic mass is 32.1. The molecule has 67 heavy (non-hydrogen) atoms. The van der Waals surface area contributed by atoms with Crippen molar-refractivity contribution in [2.24, 2.45) is 5.92 Å². The van der Waals surface area contributed by atoms with Crippen molar-refractivity contribution in [3.63, 3.8) is 0 Å². The molecule has 1 spiro atoms. The molecule has 3 aromatic rings. The maximum absolute atomic E-state index is 13.4.